The number of hydrogen-bond donors (Lipinski definition) is 2. The quantitative estimate of drug-likeness (QED) is 0.901. The van der Waals surface area contributed by atoms with Crippen molar-refractivity contribution in [1.29, 1.82) is 0 Å². The molecule has 1 saturated heterocycles. The predicted molar refractivity (Wildman–Crippen MR) is 83.3 cm³/mol. The number of carbonyl (C=O) groups excluding carboxylic acids is 1. The van der Waals surface area contributed by atoms with E-state index in [1.54, 1.807) is 18.2 Å². The molecule has 2 rings (SSSR count). The van der Waals surface area contributed by atoms with Crippen LogP contribution in [0.1, 0.15) is 13.3 Å². The zero-order valence-electron chi connectivity index (χ0n) is 11.4. The van der Waals surface area contributed by atoms with Crippen LogP contribution < -0.4 is 11.1 Å². The van der Waals surface area contributed by atoms with Crippen molar-refractivity contribution < 1.29 is 4.79 Å². The van der Waals surface area contributed by atoms with Crippen LogP contribution in [0, 0.1) is 5.92 Å². The summed E-state index contributed by atoms with van der Waals surface area (Å²) in [4.78, 5) is 14.1. The van der Waals surface area contributed by atoms with Gasteiger partial charge in [-0.15, -0.1) is 0 Å². The highest BCUT2D eigenvalue weighted by Gasteiger charge is 2.23. The number of amides is 1. The largest absolute Gasteiger partial charge is 0.327 e. The normalized spacial score (nSPS) is 23.6. The molecule has 1 aromatic carbocycles. The topological polar surface area (TPSA) is 58.4 Å². The molecule has 2 atom stereocenters. The number of nitrogens with two attached hydrogens (primary N) is 1. The molecule has 1 aromatic rings. The summed E-state index contributed by atoms with van der Waals surface area (Å²) in [6.45, 7) is 4.17. The van der Waals surface area contributed by atoms with Gasteiger partial charge in [0.15, 0.2) is 0 Å². The average molecular weight is 316 g/mol. The van der Waals surface area contributed by atoms with Gasteiger partial charge in [-0.3, -0.25) is 9.69 Å². The first-order valence-corrected chi connectivity index (χ1v) is 7.42. The van der Waals surface area contributed by atoms with E-state index < -0.39 is 0 Å². The van der Waals surface area contributed by atoms with Gasteiger partial charge in [0, 0.05) is 24.8 Å². The molecule has 1 amide bonds. The predicted octanol–water partition coefficient (Wildman–Crippen LogP) is 2.60. The van der Waals surface area contributed by atoms with E-state index in [0.717, 1.165) is 19.5 Å². The molecule has 0 spiro atoms. The van der Waals surface area contributed by atoms with Crippen molar-refractivity contribution >= 4 is 34.8 Å². The summed E-state index contributed by atoms with van der Waals surface area (Å²) in [7, 11) is 0. The smallest absolute Gasteiger partial charge is 0.238 e. The summed E-state index contributed by atoms with van der Waals surface area (Å²) < 4.78 is 0. The molecule has 0 aromatic heterocycles. The van der Waals surface area contributed by atoms with Crippen LogP contribution in [0.25, 0.3) is 0 Å². The van der Waals surface area contributed by atoms with Crippen LogP contribution in [0.4, 0.5) is 5.69 Å². The molecule has 2 unspecified atom stereocenters. The number of benzene rings is 1. The highest BCUT2D eigenvalue weighted by molar-refractivity contribution is 6.42. The second-order valence-electron chi connectivity index (χ2n) is 5.47. The molecular formula is C14H19Cl2N3O. The number of likely N-dealkylation sites (tertiary alicyclic amines) is 1. The van der Waals surface area contributed by atoms with Gasteiger partial charge in [-0.2, -0.15) is 0 Å². The fourth-order valence-corrected chi connectivity index (χ4v) is 2.92. The molecule has 1 heterocycles. The third-order valence-corrected chi connectivity index (χ3v) is 4.08. The van der Waals surface area contributed by atoms with Crippen LogP contribution in [0.2, 0.25) is 10.0 Å². The molecule has 20 heavy (non-hydrogen) atoms. The number of halogens is 2. The Morgan fingerprint density at radius 3 is 2.80 bits per heavy atom. The van der Waals surface area contributed by atoms with Crippen molar-refractivity contribution in [3.8, 4) is 0 Å². The monoisotopic (exact) mass is 315 g/mol. The molecule has 3 N–H and O–H groups in total. The van der Waals surface area contributed by atoms with Gasteiger partial charge in [-0.1, -0.05) is 30.1 Å². The zero-order chi connectivity index (χ0) is 14.7. The highest BCUT2D eigenvalue weighted by atomic mass is 35.5. The van der Waals surface area contributed by atoms with E-state index in [9.17, 15) is 4.79 Å². The first-order chi connectivity index (χ1) is 9.44. The fraction of sp³-hybridized carbons (Fsp3) is 0.500. The standard InChI is InChI=1S/C14H19Cl2N3O/c1-9-4-10(17)7-19(6-9)8-14(20)18-11-2-3-12(15)13(16)5-11/h2-3,5,9-10H,4,6-8,17H2,1H3,(H,18,20). The maximum Gasteiger partial charge on any atom is 0.238 e. The van der Waals surface area contributed by atoms with Gasteiger partial charge in [-0.05, 0) is 30.5 Å². The summed E-state index contributed by atoms with van der Waals surface area (Å²) in [6.07, 6.45) is 1.02. The molecule has 4 nitrogen and oxygen atoms in total. The molecule has 0 radical (unpaired) electrons. The summed E-state index contributed by atoms with van der Waals surface area (Å²) in [5, 5.41) is 3.72. The Bertz CT molecular complexity index is 485. The number of carbonyl (C=O) groups is 1. The number of nitrogens with zero attached hydrogens (tertiary/aromatic N) is 1. The Balaban J connectivity index is 1.90. The van der Waals surface area contributed by atoms with E-state index in [1.165, 1.54) is 0 Å². The van der Waals surface area contributed by atoms with Crippen molar-refractivity contribution in [2.75, 3.05) is 25.0 Å². The Labute approximate surface area is 129 Å². The van der Waals surface area contributed by atoms with Crippen molar-refractivity contribution in [3.63, 3.8) is 0 Å². The van der Waals surface area contributed by atoms with Gasteiger partial charge in [-0.25, -0.2) is 0 Å². The van der Waals surface area contributed by atoms with Crippen LogP contribution >= 0.6 is 23.2 Å². The minimum atomic E-state index is -0.0651. The van der Waals surface area contributed by atoms with Gasteiger partial charge in [0.2, 0.25) is 5.91 Å². The first-order valence-electron chi connectivity index (χ1n) is 6.67. The third-order valence-electron chi connectivity index (χ3n) is 3.34. The lowest BCUT2D eigenvalue weighted by molar-refractivity contribution is -0.117. The second kappa shape index (κ2) is 6.76. The minimum Gasteiger partial charge on any atom is -0.327 e. The molecule has 1 aliphatic heterocycles. The Morgan fingerprint density at radius 2 is 2.15 bits per heavy atom. The van der Waals surface area contributed by atoms with E-state index in [4.69, 9.17) is 28.9 Å². The van der Waals surface area contributed by atoms with Crippen LogP contribution in [0.3, 0.4) is 0 Å². The molecule has 0 saturated carbocycles. The van der Waals surface area contributed by atoms with Gasteiger partial charge in [0.1, 0.15) is 0 Å². The lowest BCUT2D eigenvalue weighted by Gasteiger charge is -2.34. The Morgan fingerprint density at radius 1 is 1.40 bits per heavy atom. The van der Waals surface area contributed by atoms with Crippen LogP contribution in [0.5, 0.6) is 0 Å². The highest BCUT2D eigenvalue weighted by Crippen LogP contribution is 2.25. The Hall–Kier alpha value is -0.810. The van der Waals surface area contributed by atoms with Gasteiger partial charge in [0.25, 0.3) is 0 Å². The average Bonchev–Trinajstić information content (AvgIpc) is 2.32. The van der Waals surface area contributed by atoms with Crippen molar-refractivity contribution in [2.24, 2.45) is 11.7 Å². The third kappa shape index (κ3) is 4.35. The van der Waals surface area contributed by atoms with E-state index in [2.05, 4.69) is 17.1 Å². The Kier molecular flexibility index (Phi) is 5.27. The van der Waals surface area contributed by atoms with Crippen molar-refractivity contribution in [2.45, 2.75) is 19.4 Å². The van der Waals surface area contributed by atoms with Gasteiger partial charge in [0.05, 0.1) is 16.6 Å². The van der Waals surface area contributed by atoms with E-state index in [-0.39, 0.29) is 11.9 Å². The number of hydrogen-bond acceptors (Lipinski definition) is 3. The lowest BCUT2D eigenvalue weighted by Crippen LogP contribution is -2.48. The first kappa shape index (κ1) is 15.6. The van der Waals surface area contributed by atoms with Gasteiger partial charge >= 0.3 is 0 Å². The zero-order valence-corrected chi connectivity index (χ0v) is 12.9. The van der Waals surface area contributed by atoms with Crippen LogP contribution in [0.15, 0.2) is 18.2 Å². The maximum atomic E-state index is 12.0. The molecule has 0 aliphatic carbocycles. The number of nitrogens with one attached hydrogen (secondary N) is 1. The molecule has 1 aliphatic rings. The molecule has 1 fully saturated rings. The van der Waals surface area contributed by atoms with E-state index in [1.807, 2.05) is 0 Å². The summed E-state index contributed by atoms with van der Waals surface area (Å²) in [6, 6.07) is 5.19. The molecular weight excluding hydrogens is 297 g/mol. The second-order valence-corrected chi connectivity index (χ2v) is 6.29. The van der Waals surface area contributed by atoms with Crippen molar-refractivity contribution in [3.05, 3.63) is 28.2 Å². The summed E-state index contributed by atoms with van der Waals surface area (Å²) in [5.41, 5.74) is 6.63. The lowest BCUT2D eigenvalue weighted by atomic mass is 9.97. The number of anilines is 1. The SMILES string of the molecule is CC1CC(N)CN(CC(=O)Nc2ccc(Cl)c(Cl)c2)C1. The number of piperidine rings is 1. The summed E-state index contributed by atoms with van der Waals surface area (Å²) >= 11 is 11.8. The van der Waals surface area contributed by atoms with E-state index >= 15 is 0 Å². The van der Waals surface area contributed by atoms with Crippen LogP contribution in [-0.2, 0) is 4.79 Å². The van der Waals surface area contributed by atoms with E-state index in [0.29, 0.717) is 28.2 Å². The summed E-state index contributed by atoms with van der Waals surface area (Å²) in [5.74, 6) is 0.459. The maximum absolute atomic E-state index is 12.0. The number of rotatable bonds is 3. The molecule has 110 valence electrons. The van der Waals surface area contributed by atoms with Crippen LogP contribution in [-0.4, -0.2) is 36.5 Å². The van der Waals surface area contributed by atoms with Gasteiger partial charge < -0.3 is 11.1 Å². The fourth-order valence-electron chi connectivity index (χ4n) is 2.62. The van der Waals surface area contributed by atoms with Crippen molar-refractivity contribution in [1.82, 2.24) is 4.90 Å². The molecule has 0 bridgehead atoms. The molecule has 6 heteroatoms. The minimum absolute atomic E-state index is 0.0651.